The maximum Gasteiger partial charge on any atom is 0.305 e. The van der Waals surface area contributed by atoms with Gasteiger partial charge in [-0.05, 0) is 31.2 Å². The van der Waals surface area contributed by atoms with Crippen LogP contribution in [0.25, 0.3) is 0 Å². The number of carbonyl (C=O) groups is 2. The van der Waals surface area contributed by atoms with E-state index in [1.165, 1.54) is 0 Å². The van der Waals surface area contributed by atoms with E-state index in [-0.39, 0.29) is 18.4 Å². The first-order valence-corrected chi connectivity index (χ1v) is 6.81. The average Bonchev–Trinajstić information content (AvgIpc) is 2.35. The molecule has 1 amide bonds. The van der Waals surface area contributed by atoms with Crippen molar-refractivity contribution in [3.8, 4) is 0 Å². The Morgan fingerprint density at radius 1 is 1.47 bits per heavy atom. The standard InChI is InChI=1S/C13H15BrN2O3/c1-8-7-15-13(19)11(6-12(17)18)16(8)10-4-2-9(14)3-5-10/h2-5,8,11H,6-7H2,1H3,(H,15,19)(H,17,18). The molecular formula is C13H15BrN2O3. The van der Waals surface area contributed by atoms with Gasteiger partial charge in [-0.15, -0.1) is 0 Å². The van der Waals surface area contributed by atoms with E-state index < -0.39 is 12.0 Å². The van der Waals surface area contributed by atoms with Crippen LogP contribution in [0.3, 0.4) is 0 Å². The Balaban J connectivity index is 2.33. The summed E-state index contributed by atoms with van der Waals surface area (Å²) in [5, 5.41) is 11.7. The van der Waals surface area contributed by atoms with Gasteiger partial charge in [0.25, 0.3) is 0 Å². The summed E-state index contributed by atoms with van der Waals surface area (Å²) in [7, 11) is 0. The number of aliphatic carboxylic acids is 1. The average molecular weight is 327 g/mol. The minimum Gasteiger partial charge on any atom is -0.481 e. The largest absolute Gasteiger partial charge is 0.481 e. The summed E-state index contributed by atoms with van der Waals surface area (Å²) in [6.07, 6.45) is -0.202. The summed E-state index contributed by atoms with van der Waals surface area (Å²) in [5.74, 6) is -1.21. The molecule has 0 bridgehead atoms. The topological polar surface area (TPSA) is 69.6 Å². The van der Waals surface area contributed by atoms with E-state index >= 15 is 0 Å². The molecular weight excluding hydrogens is 312 g/mol. The minimum absolute atomic E-state index is 0.0585. The number of benzene rings is 1. The van der Waals surface area contributed by atoms with Gasteiger partial charge in [0, 0.05) is 22.7 Å². The lowest BCUT2D eigenvalue weighted by atomic mass is 10.0. The number of nitrogens with one attached hydrogen (secondary N) is 1. The quantitative estimate of drug-likeness (QED) is 0.885. The number of rotatable bonds is 3. The summed E-state index contributed by atoms with van der Waals surface area (Å²) >= 11 is 3.36. The van der Waals surface area contributed by atoms with Crippen molar-refractivity contribution >= 4 is 33.5 Å². The van der Waals surface area contributed by atoms with Gasteiger partial charge >= 0.3 is 5.97 Å². The molecule has 2 N–H and O–H groups in total. The fraction of sp³-hybridized carbons (Fsp3) is 0.385. The highest BCUT2D eigenvalue weighted by atomic mass is 79.9. The predicted octanol–water partition coefficient (Wildman–Crippen LogP) is 1.62. The predicted molar refractivity (Wildman–Crippen MR) is 75.1 cm³/mol. The molecule has 1 aliphatic rings. The number of carboxylic acids is 1. The highest BCUT2D eigenvalue weighted by Crippen LogP contribution is 2.25. The Labute approximate surface area is 119 Å². The van der Waals surface area contributed by atoms with Gasteiger partial charge in [0.15, 0.2) is 0 Å². The minimum atomic E-state index is -0.976. The van der Waals surface area contributed by atoms with Crippen LogP contribution in [0.5, 0.6) is 0 Å². The van der Waals surface area contributed by atoms with Crippen LogP contribution in [0.4, 0.5) is 5.69 Å². The Bertz CT molecular complexity index is 489. The van der Waals surface area contributed by atoms with Gasteiger partial charge in [0.05, 0.1) is 6.42 Å². The maximum atomic E-state index is 11.9. The molecule has 0 spiro atoms. The molecule has 1 saturated heterocycles. The van der Waals surface area contributed by atoms with Crippen LogP contribution in [0.2, 0.25) is 0 Å². The number of hydrogen-bond donors (Lipinski definition) is 2. The second-order valence-corrected chi connectivity index (χ2v) is 5.51. The lowest BCUT2D eigenvalue weighted by Crippen LogP contribution is -2.60. The zero-order chi connectivity index (χ0) is 14.0. The van der Waals surface area contributed by atoms with E-state index in [2.05, 4.69) is 21.2 Å². The van der Waals surface area contributed by atoms with Crippen molar-refractivity contribution in [3.63, 3.8) is 0 Å². The second-order valence-electron chi connectivity index (χ2n) is 4.59. The van der Waals surface area contributed by atoms with Crippen molar-refractivity contribution < 1.29 is 14.7 Å². The molecule has 0 aromatic heterocycles. The molecule has 102 valence electrons. The van der Waals surface area contributed by atoms with Gasteiger partial charge < -0.3 is 15.3 Å². The molecule has 2 unspecified atom stereocenters. The van der Waals surface area contributed by atoms with Crippen LogP contribution in [0.1, 0.15) is 13.3 Å². The van der Waals surface area contributed by atoms with Crippen molar-refractivity contribution in [2.45, 2.75) is 25.4 Å². The van der Waals surface area contributed by atoms with Crippen molar-refractivity contribution in [1.29, 1.82) is 0 Å². The van der Waals surface area contributed by atoms with E-state index in [9.17, 15) is 9.59 Å². The van der Waals surface area contributed by atoms with Crippen LogP contribution in [0, 0.1) is 0 Å². The van der Waals surface area contributed by atoms with Crippen LogP contribution in [0.15, 0.2) is 28.7 Å². The Morgan fingerprint density at radius 3 is 2.68 bits per heavy atom. The molecule has 0 radical (unpaired) electrons. The maximum absolute atomic E-state index is 11.9. The smallest absolute Gasteiger partial charge is 0.305 e. The number of carbonyl (C=O) groups excluding carboxylic acids is 1. The SMILES string of the molecule is CC1CNC(=O)C(CC(=O)O)N1c1ccc(Br)cc1. The molecule has 0 saturated carbocycles. The third-order valence-electron chi connectivity index (χ3n) is 3.18. The third kappa shape index (κ3) is 3.07. The summed E-state index contributed by atoms with van der Waals surface area (Å²) in [4.78, 5) is 24.7. The fourth-order valence-corrected chi connectivity index (χ4v) is 2.57. The molecule has 6 heteroatoms. The van der Waals surface area contributed by atoms with Crippen LogP contribution < -0.4 is 10.2 Å². The number of hydrogen-bond acceptors (Lipinski definition) is 3. The lowest BCUT2D eigenvalue weighted by Gasteiger charge is -2.41. The first-order chi connectivity index (χ1) is 8.99. The van der Waals surface area contributed by atoms with E-state index in [0.717, 1.165) is 10.2 Å². The Kier molecular flexibility index (Phi) is 4.09. The Morgan fingerprint density at radius 2 is 2.11 bits per heavy atom. The molecule has 5 nitrogen and oxygen atoms in total. The second kappa shape index (κ2) is 5.61. The fourth-order valence-electron chi connectivity index (χ4n) is 2.30. The molecule has 1 aromatic rings. The number of halogens is 1. The Hall–Kier alpha value is -1.56. The summed E-state index contributed by atoms with van der Waals surface area (Å²) in [5.41, 5.74) is 0.858. The molecule has 2 rings (SSSR count). The van der Waals surface area contributed by atoms with E-state index in [1.807, 2.05) is 36.1 Å². The number of nitrogens with zero attached hydrogens (tertiary/aromatic N) is 1. The zero-order valence-corrected chi connectivity index (χ0v) is 12.1. The highest BCUT2D eigenvalue weighted by molar-refractivity contribution is 9.10. The molecule has 2 atom stereocenters. The molecule has 0 aliphatic carbocycles. The van der Waals surface area contributed by atoms with Crippen LogP contribution in [-0.2, 0) is 9.59 Å². The number of amides is 1. The van der Waals surface area contributed by atoms with Crippen molar-refractivity contribution in [2.75, 3.05) is 11.4 Å². The van der Waals surface area contributed by atoms with E-state index in [0.29, 0.717) is 6.54 Å². The van der Waals surface area contributed by atoms with Crippen molar-refractivity contribution in [3.05, 3.63) is 28.7 Å². The molecule has 1 aromatic carbocycles. The van der Waals surface area contributed by atoms with Gasteiger partial charge in [-0.25, -0.2) is 0 Å². The third-order valence-corrected chi connectivity index (χ3v) is 3.71. The monoisotopic (exact) mass is 326 g/mol. The first-order valence-electron chi connectivity index (χ1n) is 6.02. The van der Waals surface area contributed by atoms with Crippen molar-refractivity contribution in [1.82, 2.24) is 5.32 Å². The van der Waals surface area contributed by atoms with E-state index in [4.69, 9.17) is 5.11 Å². The summed E-state index contributed by atoms with van der Waals surface area (Å²) in [6.45, 7) is 2.49. The molecule has 1 aliphatic heterocycles. The number of anilines is 1. The van der Waals surface area contributed by atoms with Gasteiger partial charge in [-0.3, -0.25) is 9.59 Å². The summed E-state index contributed by atoms with van der Waals surface area (Å²) < 4.78 is 0.945. The van der Waals surface area contributed by atoms with Gasteiger partial charge in [0.2, 0.25) is 5.91 Å². The number of piperazine rings is 1. The van der Waals surface area contributed by atoms with Crippen LogP contribution >= 0.6 is 15.9 Å². The van der Waals surface area contributed by atoms with Gasteiger partial charge in [-0.1, -0.05) is 15.9 Å². The van der Waals surface area contributed by atoms with Gasteiger partial charge in [-0.2, -0.15) is 0 Å². The molecule has 19 heavy (non-hydrogen) atoms. The normalized spacial score (nSPS) is 23.1. The van der Waals surface area contributed by atoms with Crippen molar-refractivity contribution in [2.24, 2.45) is 0 Å². The van der Waals surface area contributed by atoms with E-state index in [1.54, 1.807) is 0 Å². The molecule has 1 fully saturated rings. The number of carboxylic acid groups (broad SMARTS) is 1. The van der Waals surface area contributed by atoms with Crippen LogP contribution in [-0.4, -0.2) is 35.6 Å². The lowest BCUT2D eigenvalue weighted by molar-refractivity contribution is -0.140. The highest BCUT2D eigenvalue weighted by Gasteiger charge is 2.35. The first kappa shape index (κ1) is 13.9. The summed E-state index contributed by atoms with van der Waals surface area (Å²) in [6, 6.07) is 6.92. The molecule has 1 heterocycles. The zero-order valence-electron chi connectivity index (χ0n) is 10.5. The van der Waals surface area contributed by atoms with Gasteiger partial charge in [0.1, 0.15) is 6.04 Å².